The van der Waals surface area contributed by atoms with Crippen LogP contribution in [0.2, 0.25) is 0 Å². The summed E-state index contributed by atoms with van der Waals surface area (Å²) < 4.78 is 52.5. The molecule has 1 aliphatic rings. The van der Waals surface area contributed by atoms with E-state index in [1.54, 1.807) is 6.07 Å². The zero-order chi connectivity index (χ0) is 21.5. The smallest absolute Gasteiger partial charge is 0.352 e. The Hall–Kier alpha value is -3.69. The van der Waals surface area contributed by atoms with Crippen LogP contribution in [0, 0.1) is 5.82 Å². The molecule has 0 saturated heterocycles. The maximum atomic E-state index is 13.7. The van der Waals surface area contributed by atoms with E-state index in [0.29, 0.717) is 48.0 Å². The van der Waals surface area contributed by atoms with Gasteiger partial charge in [-0.25, -0.2) is 14.4 Å². The maximum Gasteiger partial charge on any atom is 0.416 e. The normalized spacial score (nSPS) is 13.5. The van der Waals surface area contributed by atoms with Crippen molar-refractivity contribution >= 4 is 11.7 Å². The monoisotopic (exact) mass is 416 g/mol. The van der Waals surface area contributed by atoms with Gasteiger partial charge in [-0.3, -0.25) is 14.6 Å². The fourth-order valence-corrected chi connectivity index (χ4v) is 3.22. The van der Waals surface area contributed by atoms with Crippen LogP contribution in [0.25, 0.3) is 11.4 Å². The molecule has 152 valence electrons. The van der Waals surface area contributed by atoms with Gasteiger partial charge < -0.3 is 5.32 Å². The molecule has 1 amide bonds. The van der Waals surface area contributed by atoms with E-state index in [9.17, 15) is 27.2 Å². The topological polar surface area (TPSA) is 84.8 Å². The standard InChI is InChI=1S/C20H12F4N4O2/c21-12-6-10(5-11(7-12)20(22,23)24)18(29)16-8-15(27-9-28-16)17-13-1-4-26-19(30)14(13)2-3-25-17/h2-3,5-9H,1,4H2,(H,26,30). The summed E-state index contributed by atoms with van der Waals surface area (Å²) in [6.07, 6.45) is -1.82. The summed E-state index contributed by atoms with van der Waals surface area (Å²) in [5.41, 5.74) is -0.319. The summed E-state index contributed by atoms with van der Waals surface area (Å²) in [5, 5.41) is 2.71. The van der Waals surface area contributed by atoms with Gasteiger partial charge in [0.2, 0.25) is 5.78 Å². The molecule has 6 nitrogen and oxygen atoms in total. The lowest BCUT2D eigenvalue weighted by Crippen LogP contribution is -2.32. The van der Waals surface area contributed by atoms with Crippen LogP contribution < -0.4 is 5.32 Å². The molecule has 0 spiro atoms. The first-order valence-corrected chi connectivity index (χ1v) is 8.75. The number of halogens is 4. The third-order valence-electron chi connectivity index (χ3n) is 4.59. The first-order valence-electron chi connectivity index (χ1n) is 8.75. The molecule has 0 aliphatic carbocycles. The molecule has 1 N–H and O–H groups in total. The molecule has 30 heavy (non-hydrogen) atoms. The van der Waals surface area contributed by atoms with Crippen LogP contribution in [-0.4, -0.2) is 33.2 Å². The van der Waals surface area contributed by atoms with Crippen molar-refractivity contribution in [2.75, 3.05) is 6.54 Å². The maximum absolute atomic E-state index is 13.7. The molecule has 0 saturated carbocycles. The van der Waals surface area contributed by atoms with E-state index in [2.05, 4.69) is 20.3 Å². The molecule has 0 bridgehead atoms. The highest BCUT2D eigenvalue weighted by molar-refractivity contribution is 6.08. The lowest BCUT2D eigenvalue weighted by Gasteiger charge is -2.18. The SMILES string of the molecule is O=C(c1cc(F)cc(C(F)(F)F)c1)c1cc(-c2nccc3c2CCNC3=O)ncn1. The molecule has 0 atom stereocenters. The van der Waals surface area contributed by atoms with Crippen molar-refractivity contribution in [2.24, 2.45) is 0 Å². The quantitative estimate of drug-likeness (QED) is 0.524. The van der Waals surface area contributed by atoms with E-state index in [-0.39, 0.29) is 17.3 Å². The summed E-state index contributed by atoms with van der Waals surface area (Å²) >= 11 is 0. The predicted molar refractivity (Wildman–Crippen MR) is 96.1 cm³/mol. The van der Waals surface area contributed by atoms with Crippen LogP contribution in [-0.2, 0) is 12.6 Å². The second kappa shape index (κ2) is 7.29. The van der Waals surface area contributed by atoms with Crippen molar-refractivity contribution in [3.05, 3.63) is 76.6 Å². The summed E-state index contributed by atoms with van der Waals surface area (Å²) in [6.45, 7) is 0.408. The summed E-state index contributed by atoms with van der Waals surface area (Å²) in [6, 6.07) is 4.42. The lowest BCUT2D eigenvalue weighted by molar-refractivity contribution is -0.137. The molecule has 0 radical (unpaired) electrons. The number of pyridine rings is 1. The van der Waals surface area contributed by atoms with Gasteiger partial charge in [0, 0.05) is 23.9 Å². The van der Waals surface area contributed by atoms with Crippen molar-refractivity contribution in [3.8, 4) is 11.4 Å². The van der Waals surface area contributed by atoms with Crippen molar-refractivity contribution < 1.29 is 27.2 Å². The van der Waals surface area contributed by atoms with Gasteiger partial charge in [0.25, 0.3) is 5.91 Å². The lowest BCUT2D eigenvalue weighted by atomic mass is 9.97. The Kier molecular flexibility index (Phi) is 4.76. The Labute approximate surface area is 167 Å². The number of fused-ring (bicyclic) bond motifs is 1. The summed E-state index contributed by atoms with van der Waals surface area (Å²) in [5.74, 6) is -2.34. The van der Waals surface area contributed by atoms with Crippen molar-refractivity contribution in [1.29, 1.82) is 0 Å². The van der Waals surface area contributed by atoms with Crippen LogP contribution in [0.4, 0.5) is 17.6 Å². The van der Waals surface area contributed by atoms with Gasteiger partial charge >= 0.3 is 6.18 Å². The number of benzene rings is 1. The fraction of sp³-hybridized carbons (Fsp3) is 0.150. The fourth-order valence-electron chi connectivity index (χ4n) is 3.22. The number of carbonyl (C=O) groups excluding carboxylic acids is 2. The van der Waals surface area contributed by atoms with Crippen molar-refractivity contribution in [1.82, 2.24) is 20.3 Å². The Morgan fingerprint density at radius 2 is 1.87 bits per heavy atom. The van der Waals surface area contributed by atoms with Crippen LogP contribution in [0.5, 0.6) is 0 Å². The van der Waals surface area contributed by atoms with Crippen LogP contribution in [0.3, 0.4) is 0 Å². The number of amides is 1. The molecule has 4 rings (SSSR count). The highest BCUT2D eigenvalue weighted by Gasteiger charge is 2.32. The molecule has 3 aromatic rings. The number of alkyl halides is 3. The zero-order valence-corrected chi connectivity index (χ0v) is 15.1. The Morgan fingerprint density at radius 1 is 1.07 bits per heavy atom. The summed E-state index contributed by atoms with van der Waals surface area (Å²) in [7, 11) is 0. The van der Waals surface area contributed by atoms with Gasteiger partial charge in [0.1, 0.15) is 17.8 Å². The first kappa shape index (κ1) is 19.6. The van der Waals surface area contributed by atoms with Gasteiger partial charge in [0.15, 0.2) is 0 Å². The first-order chi connectivity index (χ1) is 14.2. The number of carbonyl (C=O) groups is 2. The van der Waals surface area contributed by atoms with Gasteiger partial charge in [-0.1, -0.05) is 0 Å². The third-order valence-corrected chi connectivity index (χ3v) is 4.59. The average molecular weight is 416 g/mol. The molecule has 1 aliphatic heterocycles. The third kappa shape index (κ3) is 3.63. The molecule has 0 unspecified atom stereocenters. The number of aromatic nitrogens is 3. The van der Waals surface area contributed by atoms with E-state index in [1.165, 1.54) is 12.3 Å². The van der Waals surface area contributed by atoms with E-state index in [1.807, 2.05) is 0 Å². The molecule has 10 heteroatoms. The number of hydrogen-bond acceptors (Lipinski definition) is 5. The van der Waals surface area contributed by atoms with Crippen molar-refractivity contribution in [2.45, 2.75) is 12.6 Å². The van der Waals surface area contributed by atoms with Gasteiger partial charge in [-0.15, -0.1) is 0 Å². The highest BCUT2D eigenvalue weighted by Crippen LogP contribution is 2.31. The minimum Gasteiger partial charge on any atom is -0.352 e. The number of nitrogens with one attached hydrogen (secondary N) is 1. The number of ketones is 1. The Morgan fingerprint density at radius 3 is 2.63 bits per heavy atom. The van der Waals surface area contributed by atoms with E-state index < -0.39 is 28.9 Å². The van der Waals surface area contributed by atoms with E-state index in [4.69, 9.17) is 0 Å². The number of hydrogen-bond donors (Lipinski definition) is 1. The number of nitrogens with zero attached hydrogens (tertiary/aromatic N) is 3. The van der Waals surface area contributed by atoms with Crippen LogP contribution in [0.15, 0.2) is 42.9 Å². The van der Waals surface area contributed by atoms with Gasteiger partial charge in [0.05, 0.1) is 17.0 Å². The average Bonchev–Trinajstić information content (AvgIpc) is 2.72. The molecule has 3 heterocycles. The minimum absolute atomic E-state index is 0.224. The predicted octanol–water partition coefficient (Wildman–Crippen LogP) is 3.21. The van der Waals surface area contributed by atoms with Crippen LogP contribution >= 0.6 is 0 Å². The van der Waals surface area contributed by atoms with E-state index >= 15 is 0 Å². The minimum atomic E-state index is -4.80. The molecular weight excluding hydrogens is 404 g/mol. The van der Waals surface area contributed by atoms with Crippen LogP contribution in [0.1, 0.15) is 37.5 Å². The zero-order valence-electron chi connectivity index (χ0n) is 15.1. The molecule has 1 aromatic carbocycles. The molecule has 2 aromatic heterocycles. The van der Waals surface area contributed by atoms with Gasteiger partial charge in [-0.2, -0.15) is 13.2 Å². The second-order valence-corrected chi connectivity index (χ2v) is 6.54. The summed E-state index contributed by atoms with van der Waals surface area (Å²) in [4.78, 5) is 36.9. The Bertz CT molecular complexity index is 1180. The highest BCUT2D eigenvalue weighted by atomic mass is 19.4. The number of rotatable bonds is 3. The second-order valence-electron chi connectivity index (χ2n) is 6.54. The molecular formula is C20H12F4N4O2. The van der Waals surface area contributed by atoms with Crippen molar-refractivity contribution in [3.63, 3.8) is 0 Å². The molecule has 0 fully saturated rings. The van der Waals surface area contributed by atoms with E-state index in [0.717, 1.165) is 6.33 Å². The largest absolute Gasteiger partial charge is 0.416 e. The Balaban J connectivity index is 1.76. The van der Waals surface area contributed by atoms with Gasteiger partial charge in [-0.05, 0) is 42.3 Å².